The van der Waals surface area contributed by atoms with Crippen LogP contribution in [0.2, 0.25) is 0 Å². The zero-order chi connectivity index (χ0) is 18.2. The largest absolute Gasteiger partial charge is 0.351 e. The van der Waals surface area contributed by atoms with E-state index in [1.54, 1.807) is 0 Å². The van der Waals surface area contributed by atoms with Gasteiger partial charge in [-0.15, -0.1) is 0 Å². The molecule has 0 atom stereocenters. The molecule has 5 rings (SSSR count). The van der Waals surface area contributed by atoms with Crippen LogP contribution in [-0.4, -0.2) is 52.5 Å². The number of amides is 2. The predicted octanol–water partition coefficient (Wildman–Crippen LogP) is 3.26. The molecule has 3 aromatic rings. The first-order chi connectivity index (χ1) is 13.3. The van der Waals surface area contributed by atoms with E-state index in [0.717, 1.165) is 61.4 Å². The van der Waals surface area contributed by atoms with E-state index in [1.165, 1.54) is 12.8 Å². The normalized spacial score (nSPS) is 18.5. The summed E-state index contributed by atoms with van der Waals surface area (Å²) in [5, 5.41) is 3.20. The van der Waals surface area contributed by atoms with Gasteiger partial charge in [0.2, 0.25) is 0 Å². The summed E-state index contributed by atoms with van der Waals surface area (Å²) in [5.74, 6) is 1.01. The Morgan fingerprint density at radius 2 is 1.70 bits per heavy atom. The van der Waals surface area contributed by atoms with E-state index < -0.39 is 0 Å². The maximum absolute atomic E-state index is 12.5. The quantitative estimate of drug-likeness (QED) is 0.760. The number of piperazine rings is 1. The highest BCUT2D eigenvalue weighted by Gasteiger charge is 2.26. The first-order valence-electron chi connectivity index (χ1n) is 9.96. The third-order valence-electron chi connectivity index (χ3n) is 5.89. The summed E-state index contributed by atoms with van der Waals surface area (Å²) < 4.78 is 2.21. The lowest BCUT2D eigenvalue weighted by atomic mass is 10.2. The molecule has 0 spiro atoms. The Hall–Kier alpha value is -2.76. The van der Waals surface area contributed by atoms with Gasteiger partial charge in [-0.05, 0) is 37.1 Å². The fourth-order valence-electron chi connectivity index (χ4n) is 4.40. The molecule has 0 unspecified atom stereocenters. The van der Waals surface area contributed by atoms with Crippen LogP contribution in [0, 0.1) is 0 Å². The van der Waals surface area contributed by atoms with E-state index in [-0.39, 0.29) is 6.03 Å². The number of carbonyl (C=O) groups excluding carboxylic acids is 1. The standard InChI is InChI=1S/C21H25N5O/c27-21(22-16-6-1-2-7-16)25-14-12-24(13-15-25)20-19-10-5-11-26(19)18-9-4-3-8-17(18)23-20/h3-5,8-11,16H,1-2,6-7,12-15H2,(H,22,27). The first-order valence-corrected chi connectivity index (χ1v) is 9.96. The van der Waals surface area contributed by atoms with Gasteiger partial charge in [0.1, 0.15) is 0 Å². The minimum atomic E-state index is 0.0980. The van der Waals surface area contributed by atoms with Crippen LogP contribution in [0.1, 0.15) is 25.7 Å². The van der Waals surface area contributed by atoms with Crippen molar-refractivity contribution in [1.82, 2.24) is 19.6 Å². The Balaban J connectivity index is 1.34. The van der Waals surface area contributed by atoms with Crippen LogP contribution in [0.25, 0.3) is 16.6 Å². The van der Waals surface area contributed by atoms with Gasteiger partial charge in [0.15, 0.2) is 5.82 Å². The summed E-state index contributed by atoms with van der Waals surface area (Å²) >= 11 is 0. The zero-order valence-electron chi connectivity index (χ0n) is 15.5. The van der Waals surface area contributed by atoms with E-state index in [2.05, 4.69) is 45.1 Å². The molecule has 2 aliphatic rings. The summed E-state index contributed by atoms with van der Waals surface area (Å²) in [6.07, 6.45) is 6.81. The van der Waals surface area contributed by atoms with E-state index in [0.29, 0.717) is 6.04 Å². The van der Waals surface area contributed by atoms with Gasteiger partial charge in [-0.1, -0.05) is 25.0 Å². The lowest BCUT2D eigenvalue weighted by molar-refractivity contribution is 0.190. The van der Waals surface area contributed by atoms with Crippen molar-refractivity contribution in [2.75, 3.05) is 31.1 Å². The molecule has 0 bridgehead atoms. The smallest absolute Gasteiger partial charge is 0.317 e. The molecule has 2 fully saturated rings. The maximum Gasteiger partial charge on any atom is 0.317 e. The Bertz CT molecular complexity index is 967. The van der Waals surface area contributed by atoms with E-state index >= 15 is 0 Å². The van der Waals surface area contributed by atoms with Crippen molar-refractivity contribution in [2.24, 2.45) is 0 Å². The molecule has 2 amide bonds. The van der Waals surface area contributed by atoms with Gasteiger partial charge in [-0.2, -0.15) is 0 Å². The second kappa shape index (κ2) is 6.76. The fraction of sp³-hybridized carbons (Fsp3) is 0.429. The summed E-state index contributed by atoms with van der Waals surface area (Å²) in [6, 6.07) is 12.9. The molecule has 2 aromatic heterocycles. The van der Waals surface area contributed by atoms with Crippen molar-refractivity contribution in [1.29, 1.82) is 0 Å². The topological polar surface area (TPSA) is 52.9 Å². The van der Waals surface area contributed by atoms with Crippen molar-refractivity contribution in [3.8, 4) is 0 Å². The number of anilines is 1. The molecule has 3 heterocycles. The third kappa shape index (κ3) is 2.99. The van der Waals surface area contributed by atoms with Gasteiger partial charge in [0.05, 0.1) is 16.6 Å². The predicted molar refractivity (Wildman–Crippen MR) is 107 cm³/mol. The highest BCUT2D eigenvalue weighted by atomic mass is 16.2. The molecule has 1 aliphatic heterocycles. The molecule has 27 heavy (non-hydrogen) atoms. The zero-order valence-corrected chi connectivity index (χ0v) is 15.5. The van der Waals surface area contributed by atoms with Crippen LogP contribution >= 0.6 is 0 Å². The van der Waals surface area contributed by atoms with E-state index in [1.807, 2.05) is 17.0 Å². The number of carbonyl (C=O) groups is 1. The lowest BCUT2D eigenvalue weighted by Crippen LogP contribution is -2.53. The highest BCUT2D eigenvalue weighted by molar-refractivity contribution is 5.85. The van der Waals surface area contributed by atoms with Crippen molar-refractivity contribution >= 4 is 28.4 Å². The molecular formula is C21H25N5O. The number of nitrogens with one attached hydrogen (secondary N) is 1. The van der Waals surface area contributed by atoms with Crippen molar-refractivity contribution in [3.63, 3.8) is 0 Å². The minimum absolute atomic E-state index is 0.0980. The maximum atomic E-state index is 12.5. The summed E-state index contributed by atoms with van der Waals surface area (Å²) in [4.78, 5) is 21.7. The highest BCUT2D eigenvalue weighted by Crippen LogP contribution is 2.26. The SMILES string of the molecule is O=C(NC1CCCC1)N1CCN(c2nc3ccccc3n3cccc23)CC1. The number of rotatable bonds is 2. The van der Waals surface area contributed by atoms with Crippen LogP contribution in [-0.2, 0) is 0 Å². The lowest BCUT2D eigenvalue weighted by Gasteiger charge is -2.36. The molecule has 6 heteroatoms. The first kappa shape index (κ1) is 16.4. The number of urea groups is 1. The number of nitrogens with zero attached hydrogens (tertiary/aromatic N) is 4. The van der Waals surface area contributed by atoms with Crippen molar-refractivity contribution in [3.05, 3.63) is 42.6 Å². The monoisotopic (exact) mass is 363 g/mol. The van der Waals surface area contributed by atoms with Gasteiger partial charge in [-0.3, -0.25) is 0 Å². The van der Waals surface area contributed by atoms with Crippen LogP contribution in [0.4, 0.5) is 10.6 Å². The molecule has 1 saturated carbocycles. The Labute approximate surface area is 158 Å². The van der Waals surface area contributed by atoms with Gasteiger partial charge in [0, 0.05) is 38.4 Å². The Morgan fingerprint density at radius 3 is 2.52 bits per heavy atom. The summed E-state index contributed by atoms with van der Waals surface area (Å²) in [6.45, 7) is 3.09. The molecule has 6 nitrogen and oxygen atoms in total. The van der Waals surface area contributed by atoms with E-state index in [4.69, 9.17) is 4.98 Å². The average molecular weight is 363 g/mol. The van der Waals surface area contributed by atoms with Crippen LogP contribution < -0.4 is 10.2 Å². The Morgan fingerprint density at radius 1 is 0.963 bits per heavy atom. The van der Waals surface area contributed by atoms with Crippen molar-refractivity contribution < 1.29 is 4.79 Å². The molecule has 1 saturated heterocycles. The minimum Gasteiger partial charge on any atom is -0.351 e. The second-order valence-corrected chi connectivity index (χ2v) is 7.59. The van der Waals surface area contributed by atoms with Crippen LogP contribution in [0.3, 0.4) is 0 Å². The van der Waals surface area contributed by atoms with Gasteiger partial charge >= 0.3 is 6.03 Å². The van der Waals surface area contributed by atoms with Crippen molar-refractivity contribution in [2.45, 2.75) is 31.7 Å². The number of hydrogen-bond acceptors (Lipinski definition) is 3. The van der Waals surface area contributed by atoms with Gasteiger partial charge in [-0.25, -0.2) is 9.78 Å². The molecule has 140 valence electrons. The number of fused-ring (bicyclic) bond motifs is 3. The summed E-state index contributed by atoms with van der Waals surface area (Å²) in [5.41, 5.74) is 3.24. The van der Waals surface area contributed by atoms with Crippen LogP contribution in [0.15, 0.2) is 42.6 Å². The molecule has 1 aromatic carbocycles. The molecular weight excluding hydrogens is 338 g/mol. The number of aromatic nitrogens is 2. The number of benzene rings is 1. The average Bonchev–Trinajstić information content (AvgIpc) is 3.39. The third-order valence-corrected chi connectivity index (χ3v) is 5.89. The van der Waals surface area contributed by atoms with Gasteiger partial charge < -0.3 is 19.5 Å². The molecule has 1 aliphatic carbocycles. The molecule has 0 radical (unpaired) electrons. The second-order valence-electron chi connectivity index (χ2n) is 7.59. The van der Waals surface area contributed by atoms with E-state index in [9.17, 15) is 4.79 Å². The number of hydrogen-bond donors (Lipinski definition) is 1. The summed E-state index contributed by atoms with van der Waals surface area (Å²) in [7, 11) is 0. The molecule has 1 N–H and O–H groups in total. The van der Waals surface area contributed by atoms with Gasteiger partial charge in [0.25, 0.3) is 0 Å². The number of para-hydroxylation sites is 2. The van der Waals surface area contributed by atoms with Crippen LogP contribution in [0.5, 0.6) is 0 Å². The fourth-order valence-corrected chi connectivity index (χ4v) is 4.40. The Kier molecular flexibility index (Phi) is 4.11.